The summed E-state index contributed by atoms with van der Waals surface area (Å²) in [5.74, 6) is -0.0470. The van der Waals surface area contributed by atoms with Crippen LogP contribution in [0.5, 0.6) is 0 Å². The molecule has 1 rings (SSSR count). The van der Waals surface area contributed by atoms with E-state index in [0.29, 0.717) is 5.56 Å². The molecule has 0 radical (unpaired) electrons. The molecule has 0 aliphatic rings. The second kappa shape index (κ2) is 5.49. The molecule has 90 valence electrons. The number of primary amides is 1. The highest BCUT2D eigenvalue weighted by atomic mass is 16.1. The van der Waals surface area contributed by atoms with E-state index in [-0.39, 0.29) is 18.2 Å². The molecular weight excluding hydrogens is 212 g/mol. The number of hydrogen-bond donors (Lipinski definition) is 1. The molecule has 1 aromatic rings. The molecule has 3 nitrogen and oxygen atoms in total. The number of benzene rings is 1. The Hall–Kier alpha value is -1.82. The standard InChI is InChI=1S/C14H18N2O/c1-4-11-5-10(8-15)6-12(9(2)3)13(11)7-14(16)17/h5-6,9H,4,7H2,1-3H3,(H2,16,17). The van der Waals surface area contributed by atoms with E-state index in [1.807, 2.05) is 19.1 Å². The van der Waals surface area contributed by atoms with Gasteiger partial charge in [0, 0.05) is 0 Å². The lowest BCUT2D eigenvalue weighted by atomic mass is 9.88. The van der Waals surface area contributed by atoms with Crippen molar-refractivity contribution in [1.29, 1.82) is 5.26 Å². The van der Waals surface area contributed by atoms with Crippen LogP contribution in [-0.2, 0) is 17.6 Å². The summed E-state index contributed by atoms with van der Waals surface area (Å²) >= 11 is 0. The lowest BCUT2D eigenvalue weighted by molar-refractivity contribution is -0.117. The van der Waals surface area contributed by atoms with E-state index in [4.69, 9.17) is 11.0 Å². The summed E-state index contributed by atoms with van der Waals surface area (Å²) < 4.78 is 0. The molecule has 0 heterocycles. The first-order valence-corrected chi connectivity index (χ1v) is 5.83. The molecule has 0 aliphatic carbocycles. The molecule has 1 aromatic carbocycles. The maximum Gasteiger partial charge on any atom is 0.221 e. The first-order chi connectivity index (χ1) is 7.99. The van der Waals surface area contributed by atoms with Gasteiger partial charge in [-0.3, -0.25) is 4.79 Å². The Morgan fingerprint density at radius 2 is 2.12 bits per heavy atom. The van der Waals surface area contributed by atoms with Crippen LogP contribution >= 0.6 is 0 Å². The fourth-order valence-corrected chi connectivity index (χ4v) is 2.04. The maximum absolute atomic E-state index is 11.1. The van der Waals surface area contributed by atoms with Crippen LogP contribution in [0.25, 0.3) is 0 Å². The number of aryl methyl sites for hydroxylation is 1. The summed E-state index contributed by atoms with van der Waals surface area (Å²) in [6.45, 7) is 6.13. The van der Waals surface area contributed by atoms with Crippen molar-refractivity contribution in [3.63, 3.8) is 0 Å². The van der Waals surface area contributed by atoms with Gasteiger partial charge in [0.2, 0.25) is 5.91 Å². The van der Waals surface area contributed by atoms with Crippen LogP contribution in [-0.4, -0.2) is 5.91 Å². The van der Waals surface area contributed by atoms with Crippen molar-refractivity contribution in [2.24, 2.45) is 5.73 Å². The van der Waals surface area contributed by atoms with Gasteiger partial charge in [0.25, 0.3) is 0 Å². The highest BCUT2D eigenvalue weighted by Gasteiger charge is 2.14. The van der Waals surface area contributed by atoms with Crippen molar-refractivity contribution >= 4 is 5.91 Å². The fourth-order valence-electron chi connectivity index (χ4n) is 2.04. The first kappa shape index (κ1) is 13.2. The summed E-state index contributed by atoms with van der Waals surface area (Å²) in [4.78, 5) is 11.1. The quantitative estimate of drug-likeness (QED) is 0.862. The molecule has 0 fully saturated rings. The van der Waals surface area contributed by atoms with Gasteiger partial charge in [-0.25, -0.2) is 0 Å². The largest absolute Gasteiger partial charge is 0.369 e. The van der Waals surface area contributed by atoms with Gasteiger partial charge in [-0.1, -0.05) is 20.8 Å². The van der Waals surface area contributed by atoms with Crippen LogP contribution in [0.2, 0.25) is 0 Å². The minimum atomic E-state index is -0.327. The van der Waals surface area contributed by atoms with Gasteiger partial charge in [-0.15, -0.1) is 0 Å². The van der Waals surface area contributed by atoms with Crippen molar-refractivity contribution < 1.29 is 4.79 Å². The number of hydrogen-bond acceptors (Lipinski definition) is 2. The van der Waals surface area contributed by atoms with Crippen LogP contribution in [0.15, 0.2) is 12.1 Å². The van der Waals surface area contributed by atoms with Crippen LogP contribution in [0.3, 0.4) is 0 Å². The van der Waals surface area contributed by atoms with Crippen molar-refractivity contribution in [1.82, 2.24) is 0 Å². The molecule has 1 amide bonds. The molecule has 0 bridgehead atoms. The molecule has 0 unspecified atom stereocenters. The third-order valence-corrected chi connectivity index (χ3v) is 2.86. The maximum atomic E-state index is 11.1. The van der Waals surface area contributed by atoms with E-state index in [2.05, 4.69) is 19.9 Å². The van der Waals surface area contributed by atoms with Crippen LogP contribution in [0.1, 0.15) is 48.9 Å². The highest BCUT2D eigenvalue weighted by molar-refractivity contribution is 5.77. The third-order valence-electron chi connectivity index (χ3n) is 2.86. The number of amides is 1. The molecule has 0 spiro atoms. The minimum Gasteiger partial charge on any atom is -0.369 e. The molecule has 0 saturated carbocycles. The first-order valence-electron chi connectivity index (χ1n) is 5.83. The monoisotopic (exact) mass is 230 g/mol. The van der Waals surface area contributed by atoms with Crippen molar-refractivity contribution in [2.45, 2.75) is 39.5 Å². The van der Waals surface area contributed by atoms with Gasteiger partial charge >= 0.3 is 0 Å². The second-order valence-corrected chi connectivity index (χ2v) is 4.47. The van der Waals surface area contributed by atoms with Crippen LogP contribution in [0.4, 0.5) is 0 Å². The zero-order valence-corrected chi connectivity index (χ0v) is 10.6. The molecule has 0 aromatic heterocycles. The number of carbonyl (C=O) groups is 1. The number of carbonyl (C=O) groups excluding carboxylic acids is 1. The number of nitriles is 1. The second-order valence-electron chi connectivity index (χ2n) is 4.47. The Kier molecular flexibility index (Phi) is 4.28. The lowest BCUT2D eigenvalue weighted by Gasteiger charge is -2.16. The topological polar surface area (TPSA) is 66.9 Å². The van der Waals surface area contributed by atoms with Gasteiger partial charge in [0.05, 0.1) is 18.1 Å². The Morgan fingerprint density at radius 3 is 2.53 bits per heavy atom. The number of rotatable bonds is 4. The van der Waals surface area contributed by atoms with Gasteiger partial charge in [0.1, 0.15) is 0 Å². The molecule has 3 heteroatoms. The summed E-state index contributed by atoms with van der Waals surface area (Å²) in [5, 5.41) is 8.99. The highest BCUT2D eigenvalue weighted by Crippen LogP contribution is 2.25. The van der Waals surface area contributed by atoms with Gasteiger partial charge in [0.15, 0.2) is 0 Å². The average molecular weight is 230 g/mol. The predicted molar refractivity (Wildman–Crippen MR) is 67.5 cm³/mol. The smallest absolute Gasteiger partial charge is 0.221 e. The molecule has 2 N–H and O–H groups in total. The summed E-state index contributed by atoms with van der Waals surface area (Å²) in [5.41, 5.74) is 9.03. The summed E-state index contributed by atoms with van der Waals surface area (Å²) in [6.07, 6.45) is 1.06. The van der Waals surface area contributed by atoms with E-state index in [0.717, 1.165) is 23.1 Å². The number of nitrogens with zero attached hydrogens (tertiary/aromatic N) is 1. The van der Waals surface area contributed by atoms with Crippen molar-refractivity contribution in [3.8, 4) is 6.07 Å². The van der Waals surface area contributed by atoms with Gasteiger partial charge in [-0.2, -0.15) is 5.26 Å². The molecule has 17 heavy (non-hydrogen) atoms. The Labute approximate surface area is 102 Å². The van der Waals surface area contributed by atoms with E-state index >= 15 is 0 Å². The van der Waals surface area contributed by atoms with E-state index < -0.39 is 0 Å². The summed E-state index contributed by atoms with van der Waals surface area (Å²) in [7, 11) is 0. The minimum absolute atomic E-state index is 0.252. The summed E-state index contributed by atoms with van der Waals surface area (Å²) in [6, 6.07) is 5.88. The Balaban J connectivity index is 3.41. The normalized spacial score (nSPS) is 10.3. The van der Waals surface area contributed by atoms with E-state index in [1.54, 1.807) is 0 Å². The Morgan fingerprint density at radius 1 is 1.47 bits per heavy atom. The Bertz CT molecular complexity index is 470. The zero-order chi connectivity index (χ0) is 13.0. The van der Waals surface area contributed by atoms with Crippen LogP contribution in [0, 0.1) is 11.3 Å². The van der Waals surface area contributed by atoms with Crippen molar-refractivity contribution in [3.05, 3.63) is 34.4 Å². The number of nitrogens with two attached hydrogens (primary N) is 1. The van der Waals surface area contributed by atoms with Gasteiger partial charge < -0.3 is 5.73 Å². The molecular formula is C14H18N2O. The third kappa shape index (κ3) is 3.07. The van der Waals surface area contributed by atoms with Gasteiger partial charge in [-0.05, 0) is 41.2 Å². The molecule has 0 aliphatic heterocycles. The molecule has 0 saturated heterocycles. The SMILES string of the molecule is CCc1cc(C#N)cc(C(C)C)c1CC(N)=O. The molecule has 0 atom stereocenters. The predicted octanol–water partition coefficient (Wildman–Crippen LogP) is 2.27. The lowest BCUT2D eigenvalue weighted by Crippen LogP contribution is -2.17. The van der Waals surface area contributed by atoms with E-state index in [9.17, 15) is 4.79 Å². The zero-order valence-electron chi connectivity index (χ0n) is 10.6. The average Bonchev–Trinajstić information content (AvgIpc) is 2.28. The fraction of sp³-hybridized carbons (Fsp3) is 0.429. The van der Waals surface area contributed by atoms with Crippen LogP contribution < -0.4 is 5.73 Å². The van der Waals surface area contributed by atoms with E-state index in [1.165, 1.54) is 0 Å². The van der Waals surface area contributed by atoms with Crippen molar-refractivity contribution in [2.75, 3.05) is 0 Å².